The lowest BCUT2D eigenvalue weighted by atomic mass is 10.1. The molecular formula is C10H14FN3O. The average molecular weight is 211 g/mol. The summed E-state index contributed by atoms with van der Waals surface area (Å²) in [5, 5.41) is 0. The van der Waals surface area contributed by atoms with Gasteiger partial charge in [-0.3, -0.25) is 0 Å². The summed E-state index contributed by atoms with van der Waals surface area (Å²) in [6, 6.07) is 0. The molecule has 82 valence electrons. The first-order chi connectivity index (χ1) is 7.25. The number of hydrogen-bond donors (Lipinski definition) is 1. The van der Waals surface area contributed by atoms with Gasteiger partial charge in [-0.05, 0) is 18.8 Å². The van der Waals surface area contributed by atoms with E-state index in [1.807, 2.05) is 0 Å². The number of nitrogens with two attached hydrogens (primary N) is 1. The van der Waals surface area contributed by atoms with Gasteiger partial charge in [-0.25, -0.2) is 4.98 Å². The number of aromatic nitrogens is 2. The zero-order valence-electron chi connectivity index (χ0n) is 8.45. The molecule has 4 nitrogen and oxygen atoms in total. The van der Waals surface area contributed by atoms with Crippen molar-refractivity contribution in [3.8, 4) is 5.88 Å². The molecule has 1 fully saturated rings. The highest BCUT2D eigenvalue weighted by Crippen LogP contribution is 2.25. The molecule has 2 N–H and O–H groups in total. The number of rotatable bonds is 3. The molecule has 1 heterocycles. The van der Waals surface area contributed by atoms with E-state index in [2.05, 4.69) is 9.97 Å². The van der Waals surface area contributed by atoms with Crippen LogP contribution in [-0.4, -0.2) is 16.6 Å². The van der Waals surface area contributed by atoms with Gasteiger partial charge in [-0.1, -0.05) is 12.8 Å². The van der Waals surface area contributed by atoms with Crippen molar-refractivity contribution in [2.45, 2.75) is 25.7 Å². The summed E-state index contributed by atoms with van der Waals surface area (Å²) in [7, 11) is 0. The smallest absolute Gasteiger partial charge is 0.255 e. The Bertz CT molecular complexity index is 339. The quantitative estimate of drug-likeness (QED) is 0.827. The Morgan fingerprint density at radius 1 is 1.47 bits per heavy atom. The second-order valence-corrected chi connectivity index (χ2v) is 3.84. The molecular weight excluding hydrogens is 197 g/mol. The maximum absolute atomic E-state index is 13.1. The first kappa shape index (κ1) is 10.1. The van der Waals surface area contributed by atoms with E-state index in [0.29, 0.717) is 12.5 Å². The van der Waals surface area contributed by atoms with Crippen LogP contribution in [0.15, 0.2) is 6.20 Å². The van der Waals surface area contributed by atoms with Crippen molar-refractivity contribution in [1.82, 2.24) is 9.97 Å². The zero-order valence-corrected chi connectivity index (χ0v) is 8.45. The fourth-order valence-electron chi connectivity index (χ4n) is 1.84. The third kappa shape index (κ3) is 2.55. The minimum atomic E-state index is -0.554. The molecule has 2 rings (SSSR count). The summed E-state index contributed by atoms with van der Waals surface area (Å²) >= 11 is 0. The van der Waals surface area contributed by atoms with Crippen LogP contribution in [0.25, 0.3) is 0 Å². The minimum absolute atomic E-state index is 0.0330. The van der Waals surface area contributed by atoms with Crippen molar-refractivity contribution in [1.29, 1.82) is 0 Å². The topological polar surface area (TPSA) is 61.0 Å². The van der Waals surface area contributed by atoms with Gasteiger partial charge in [0.2, 0.25) is 11.8 Å². The van der Waals surface area contributed by atoms with E-state index in [4.69, 9.17) is 10.5 Å². The number of nitrogens with zero attached hydrogens (tertiary/aromatic N) is 2. The fraction of sp³-hybridized carbons (Fsp3) is 0.600. The summed E-state index contributed by atoms with van der Waals surface area (Å²) in [6.45, 7) is 0.521. The predicted octanol–water partition coefficient (Wildman–Crippen LogP) is 1.77. The first-order valence-corrected chi connectivity index (χ1v) is 5.16. The Balaban J connectivity index is 1.94. The Hall–Kier alpha value is -1.39. The molecule has 0 aliphatic heterocycles. The molecule has 15 heavy (non-hydrogen) atoms. The Morgan fingerprint density at radius 3 is 2.93 bits per heavy atom. The Morgan fingerprint density at radius 2 is 2.20 bits per heavy atom. The summed E-state index contributed by atoms with van der Waals surface area (Å²) in [5.41, 5.74) is 5.34. The van der Waals surface area contributed by atoms with E-state index >= 15 is 0 Å². The normalized spacial score (nSPS) is 16.9. The molecule has 1 aromatic rings. The third-order valence-corrected chi connectivity index (χ3v) is 2.66. The lowest BCUT2D eigenvalue weighted by Gasteiger charge is -2.10. The van der Waals surface area contributed by atoms with Gasteiger partial charge >= 0.3 is 0 Å². The van der Waals surface area contributed by atoms with E-state index in [-0.39, 0.29) is 11.8 Å². The van der Waals surface area contributed by atoms with Gasteiger partial charge in [-0.2, -0.15) is 9.37 Å². The molecule has 1 aliphatic rings. The van der Waals surface area contributed by atoms with Gasteiger partial charge in [-0.15, -0.1) is 0 Å². The van der Waals surface area contributed by atoms with Crippen LogP contribution in [0.1, 0.15) is 25.7 Å². The standard InChI is InChI=1S/C10H14FN3O/c11-8-5-13-10(12)14-9(8)15-6-7-3-1-2-4-7/h5,7H,1-4,6H2,(H2,12,13,14). The van der Waals surface area contributed by atoms with Crippen LogP contribution in [0, 0.1) is 11.7 Å². The summed E-state index contributed by atoms with van der Waals surface area (Å²) < 4.78 is 18.4. The van der Waals surface area contributed by atoms with Crippen LogP contribution in [0.4, 0.5) is 10.3 Å². The van der Waals surface area contributed by atoms with Gasteiger partial charge in [0, 0.05) is 0 Å². The van der Waals surface area contributed by atoms with E-state index < -0.39 is 5.82 Å². The number of anilines is 1. The second kappa shape index (κ2) is 4.42. The monoisotopic (exact) mass is 211 g/mol. The van der Waals surface area contributed by atoms with E-state index in [9.17, 15) is 4.39 Å². The molecule has 1 saturated carbocycles. The maximum atomic E-state index is 13.1. The van der Waals surface area contributed by atoms with Gasteiger partial charge < -0.3 is 10.5 Å². The van der Waals surface area contributed by atoms with Gasteiger partial charge in [0.05, 0.1) is 12.8 Å². The van der Waals surface area contributed by atoms with Crippen LogP contribution >= 0.6 is 0 Å². The highest BCUT2D eigenvalue weighted by molar-refractivity contribution is 5.22. The van der Waals surface area contributed by atoms with Crippen LogP contribution in [-0.2, 0) is 0 Å². The number of hydrogen-bond acceptors (Lipinski definition) is 4. The van der Waals surface area contributed by atoms with Gasteiger partial charge in [0.1, 0.15) is 0 Å². The molecule has 0 radical (unpaired) electrons. The summed E-state index contributed by atoms with van der Waals surface area (Å²) in [5.74, 6) is -0.0185. The van der Waals surface area contributed by atoms with Crippen molar-refractivity contribution in [3.05, 3.63) is 12.0 Å². The SMILES string of the molecule is Nc1ncc(F)c(OCC2CCCC2)n1. The number of halogens is 1. The molecule has 0 spiro atoms. The van der Waals surface area contributed by atoms with Crippen molar-refractivity contribution in [3.63, 3.8) is 0 Å². The van der Waals surface area contributed by atoms with E-state index in [1.54, 1.807) is 0 Å². The molecule has 0 amide bonds. The van der Waals surface area contributed by atoms with E-state index in [1.165, 1.54) is 12.8 Å². The Labute approximate surface area is 87.7 Å². The molecule has 0 saturated heterocycles. The highest BCUT2D eigenvalue weighted by atomic mass is 19.1. The van der Waals surface area contributed by atoms with Crippen molar-refractivity contribution in [2.75, 3.05) is 12.3 Å². The first-order valence-electron chi connectivity index (χ1n) is 5.16. The second-order valence-electron chi connectivity index (χ2n) is 3.84. The van der Waals surface area contributed by atoms with Crippen LogP contribution < -0.4 is 10.5 Å². The lowest BCUT2D eigenvalue weighted by Crippen LogP contribution is -2.11. The molecule has 0 unspecified atom stereocenters. The molecule has 0 bridgehead atoms. The van der Waals surface area contributed by atoms with Gasteiger partial charge in [0.15, 0.2) is 0 Å². The molecule has 0 aromatic carbocycles. The van der Waals surface area contributed by atoms with Crippen molar-refractivity contribution < 1.29 is 9.13 Å². The summed E-state index contributed by atoms with van der Waals surface area (Å²) in [6.07, 6.45) is 5.82. The van der Waals surface area contributed by atoms with Crippen molar-refractivity contribution >= 4 is 5.95 Å². The number of ether oxygens (including phenoxy) is 1. The average Bonchev–Trinajstić information content (AvgIpc) is 2.72. The van der Waals surface area contributed by atoms with E-state index in [0.717, 1.165) is 19.0 Å². The predicted molar refractivity (Wildman–Crippen MR) is 53.9 cm³/mol. The minimum Gasteiger partial charge on any atom is -0.475 e. The number of nitrogen functional groups attached to an aromatic ring is 1. The van der Waals surface area contributed by atoms with Crippen LogP contribution in [0.3, 0.4) is 0 Å². The van der Waals surface area contributed by atoms with Crippen molar-refractivity contribution in [2.24, 2.45) is 5.92 Å². The Kier molecular flexibility index (Phi) is 2.99. The zero-order chi connectivity index (χ0) is 10.7. The van der Waals surface area contributed by atoms with Crippen LogP contribution in [0.5, 0.6) is 5.88 Å². The molecule has 1 aromatic heterocycles. The highest BCUT2D eigenvalue weighted by Gasteiger charge is 2.17. The largest absolute Gasteiger partial charge is 0.475 e. The summed E-state index contributed by atoms with van der Waals surface area (Å²) in [4.78, 5) is 7.23. The fourth-order valence-corrected chi connectivity index (χ4v) is 1.84. The third-order valence-electron chi connectivity index (χ3n) is 2.66. The maximum Gasteiger partial charge on any atom is 0.255 e. The molecule has 0 atom stereocenters. The lowest BCUT2D eigenvalue weighted by molar-refractivity contribution is 0.232. The molecule has 1 aliphatic carbocycles. The van der Waals surface area contributed by atoms with Gasteiger partial charge in [0.25, 0.3) is 5.88 Å². The van der Waals surface area contributed by atoms with Crippen LogP contribution in [0.2, 0.25) is 0 Å². The molecule has 5 heteroatoms.